The summed E-state index contributed by atoms with van der Waals surface area (Å²) in [6.45, 7) is -0.193. The fraction of sp³-hybridized carbons (Fsp3) is 0.300. The highest BCUT2D eigenvalue weighted by Gasteiger charge is 2.10. The monoisotopic (exact) mass is 192 g/mol. The van der Waals surface area contributed by atoms with Gasteiger partial charge in [-0.2, -0.15) is 5.26 Å². The molecule has 1 aromatic rings. The fourth-order valence-corrected chi connectivity index (χ4v) is 1.17. The topological polar surface area (TPSA) is 79.3 Å². The number of rotatable bonds is 3. The highest BCUT2D eigenvalue weighted by Crippen LogP contribution is 2.21. The standard InChI is InChI=1S/C10H12N2O2/c1-14-8-3-2-7(5-11)9(4-8)10(12)6-13/h2-4,10,13H,6,12H2,1H3/t10-/m0/s1. The van der Waals surface area contributed by atoms with E-state index in [4.69, 9.17) is 20.8 Å². The van der Waals surface area contributed by atoms with Crippen molar-refractivity contribution in [3.05, 3.63) is 29.3 Å². The van der Waals surface area contributed by atoms with E-state index >= 15 is 0 Å². The minimum absolute atomic E-state index is 0.193. The van der Waals surface area contributed by atoms with Crippen LogP contribution in [0.1, 0.15) is 17.2 Å². The number of methoxy groups -OCH3 is 1. The average molecular weight is 192 g/mol. The number of nitrogens with two attached hydrogens (primary N) is 1. The van der Waals surface area contributed by atoms with E-state index in [1.54, 1.807) is 18.2 Å². The molecule has 0 aliphatic carbocycles. The molecule has 4 heteroatoms. The highest BCUT2D eigenvalue weighted by atomic mass is 16.5. The fourth-order valence-electron chi connectivity index (χ4n) is 1.17. The Bertz CT molecular complexity index is 358. The number of nitrogens with zero attached hydrogens (tertiary/aromatic N) is 1. The lowest BCUT2D eigenvalue weighted by Crippen LogP contribution is -2.15. The zero-order chi connectivity index (χ0) is 10.6. The predicted octanol–water partition coefficient (Wildman–Crippen LogP) is 0.559. The third-order valence-electron chi connectivity index (χ3n) is 1.98. The average Bonchev–Trinajstić information content (AvgIpc) is 2.27. The molecule has 0 saturated heterocycles. The van der Waals surface area contributed by atoms with Gasteiger partial charge in [0.05, 0.1) is 31.4 Å². The molecular weight excluding hydrogens is 180 g/mol. The van der Waals surface area contributed by atoms with Crippen LogP contribution in [0.15, 0.2) is 18.2 Å². The largest absolute Gasteiger partial charge is 0.497 e. The second kappa shape index (κ2) is 4.61. The molecule has 3 N–H and O–H groups in total. The van der Waals surface area contributed by atoms with Gasteiger partial charge in [-0.1, -0.05) is 0 Å². The smallest absolute Gasteiger partial charge is 0.119 e. The van der Waals surface area contributed by atoms with Gasteiger partial charge in [0.2, 0.25) is 0 Å². The van der Waals surface area contributed by atoms with E-state index in [2.05, 4.69) is 0 Å². The lowest BCUT2D eigenvalue weighted by atomic mass is 10.0. The van der Waals surface area contributed by atoms with E-state index in [1.807, 2.05) is 6.07 Å². The molecule has 0 aliphatic rings. The normalized spacial score (nSPS) is 11.9. The van der Waals surface area contributed by atoms with Gasteiger partial charge < -0.3 is 15.6 Å². The summed E-state index contributed by atoms with van der Waals surface area (Å²) in [5, 5.41) is 17.7. The van der Waals surface area contributed by atoms with Gasteiger partial charge in [0.25, 0.3) is 0 Å². The maximum absolute atomic E-state index is 8.90. The summed E-state index contributed by atoms with van der Waals surface area (Å²) in [4.78, 5) is 0. The Hall–Kier alpha value is -1.57. The van der Waals surface area contributed by atoms with Crippen LogP contribution in [0.5, 0.6) is 5.75 Å². The van der Waals surface area contributed by atoms with Crippen LogP contribution in [-0.4, -0.2) is 18.8 Å². The van der Waals surface area contributed by atoms with Crippen molar-refractivity contribution in [1.29, 1.82) is 5.26 Å². The number of aliphatic hydroxyl groups is 1. The number of aliphatic hydroxyl groups excluding tert-OH is 1. The van der Waals surface area contributed by atoms with Crippen LogP contribution in [0, 0.1) is 11.3 Å². The van der Waals surface area contributed by atoms with E-state index in [0.29, 0.717) is 16.9 Å². The third kappa shape index (κ3) is 2.02. The number of hydrogen-bond donors (Lipinski definition) is 2. The van der Waals surface area contributed by atoms with E-state index in [0.717, 1.165) is 0 Å². The van der Waals surface area contributed by atoms with Crippen LogP contribution in [0.4, 0.5) is 0 Å². The van der Waals surface area contributed by atoms with Crippen molar-refractivity contribution < 1.29 is 9.84 Å². The first kappa shape index (κ1) is 10.5. The van der Waals surface area contributed by atoms with Crippen LogP contribution in [0.3, 0.4) is 0 Å². The number of hydrogen-bond acceptors (Lipinski definition) is 4. The lowest BCUT2D eigenvalue weighted by Gasteiger charge is -2.11. The summed E-state index contributed by atoms with van der Waals surface area (Å²) < 4.78 is 5.00. The molecule has 0 unspecified atom stereocenters. The Morgan fingerprint density at radius 3 is 2.86 bits per heavy atom. The molecule has 0 fully saturated rings. The molecule has 0 saturated carbocycles. The van der Waals surface area contributed by atoms with E-state index < -0.39 is 6.04 Å². The molecule has 0 spiro atoms. The quantitative estimate of drug-likeness (QED) is 0.733. The van der Waals surface area contributed by atoms with Crippen molar-refractivity contribution in [2.24, 2.45) is 5.73 Å². The molecule has 0 aliphatic heterocycles. The zero-order valence-electron chi connectivity index (χ0n) is 7.90. The van der Waals surface area contributed by atoms with Gasteiger partial charge >= 0.3 is 0 Å². The van der Waals surface area contributed by atoms with Crippen molar-refractivity contribution in [2.45, 2.75) is 6.04 Å². The number of ether oxygens (including phenoxy) is 1. The number of nitriles is 1. The molecule has 0 heterocycles. The molecule has 1 atom stereocenters. The first-order valence-electron chi connectivity index (χ1n) is 4.17. The van der Waals surface area contributed by atoms with Crippen molar-refractivity contribution in [2.75, 3.05) is 13.7 Å². The Kier molecular flexibility index (Phi) is 3.46. The predicted molar refractivity (Wildman–Crippen MR) is 51.7 cm³/mol. The highest BCUT2D eigenvalue weighted by molar-refractivity contribution is 5.44. The second-order valence-corrected chi connectivity index (χ2v) is 2.85. The van der Waals surface area contributed by atoms with Gasteiger partial charge in [-0.05, 0) is 23.8 Å². The number of benzene rings is 1. The molecule has 14 heavy (non-hydrogen) atoms. The van der Waals surface area contributed by atoms with Crippen molar-refractivity contribution in [3.8, 4) is 11.8 Å². The lowest BCUT2D eigenvalue weighted by molar-refractivity contribution is 0.267. The van der Waals surface area contributed by atoms with Gasteiger partial charge in [-0.3, -0.25) is 0 Å². The summed E-state index contributed by atoms with van der Waals surface area (Å²) in [5.41, 5.74) is 6.71. The van der Waals surface area contributed by atoms with Gasteiger partial charge in [-0.25, -0.2) is 0 Å². The molecule has 74 valence electrons. The first-order valence-corrected chi connectivity index (χ1v) is 4.17. The summed E-state index contributed by atoms with van der Waals surface area (Å²) in [6.07, 6.45) is 0. The van der Waals surface area contributed by atoms with Crippen LogP contribution < -0.4 is 10.5 Å². The molecule has 0 radical (unpaired) electrons. The molecule has 1 rings (SSSR count). The second-order valence-electron chi connectivity index (χ2n) is 2.85. The molecule has 1 aromatic carbocycles. The third-order valence-corrected chi connectivity index (χ3v) is 1.98. The summed E-state index contributed by atoms with van der Waals surface area (Å²) in [7, 11) is 1.54. The zero-order valence-corrected chi connectivity index (χ0v) is 7.90. The van der Waals surface area contributed by atoms with Crippen LogP contribution in [-0.2, 0) is 0 Å². The van der Waals surface area contributed by atoms with E-state index in [9.17, 15) is 0 Å². The molecule has 4 nitrogen and oxygen atoms in total. The Labute approximate surface area is 82.5 Å². The Morgan fingerprint density at radius 1 is 1.64 bits per heavy atom. The van der Waals surface area contributed by atoms with Crippen molar-refractivity contribution in [1.82, 2.24) is 0 Å². The van der Waals surface area contributed by atoms with Crippen LogP contribution in [0.25, 0.3) is 0 Å². The maximum atomic E-state index is 8.90. The maximum Gasteiger partial charge on any atom is 0.119 e. The van der Waals surface area contributed by atoms with Crippen molar-refractivity contribution >= 4 is 0 Å². The minimum atomic E-state index is -0.542. The SMILES string of the molecule is COc1ccc(C#N)c([C@@H](N)CO)c1. The molecule has 0 bridgehead atoms. The molecular formula is C10H12N2O2. The van der Waals surface area contributed by atoms with Gasteiger partial charge in [0.1, 0.15) is 5.75 Å². The van der Waals surface area contributed by atoms with E-state index in [1.165, 1.54) is 7.11 Å². The summed E-state index contributed by atoms with van der Waals surface area (Å²) in [6, 6.07) is 6.45. The van der Waals surface area contributed by atoms with Crippen LogP contribution in [0.2, 0.25) is 0 Å². The minimum Gasteiger partial charge on any atom is -0.497 e. The van der Waals surface area contributed by atoms with E-state index in [-0.39, 0.29) is 6.61 Å². The van der Waals surface area contributed by atoms with Crippen molar-refractivity contribution in [3.63, 3.8) is 0 Å². The summed E-state index contributed by atoms with van der Waals surface area (Å²) >= 11 is 0. The van der Waals surface area contributed by atoms with Gasteiger partial charge in [0.15, 0.2) is 0 Å². The molecule has 0 aromatic heterocycles. The van der Waals surface area contributed by atoms with Gasteiger partial charge in [0, 0.05) is 0 Å². The Morgan fingerprint density at radius 2 is 2.36 bits per heavy atom. The van der Waals surface area contributed by atoms with Crippen LogP contribution >= 0.6 is 0 Å². The van der Waals surface area contributed by atoms with Gasteiger partial charge in [-0.15, -0.1) is 0 Å². The Balaban J connectivity index is 3.16. The summed E-state index contributed by atoms with van der Waals surface area (Å²) in [5.74, 6) is 0.628. The molecule has 0 amide bonds. The first-order chi connectivity index (χ1) is 6.72.